The van der Waals surface area contributed by atoms with E-state index in [1.165, 1.54) is 21.9 Å². The van der Waals surface area contributed by atoms with Gasteiger partial charge in [0.25, 0.3) is 5.91 Å². The van der Waals surface area contributed by atoms with E-state index >= 15 is 0 Å². The van der Waals surface area contributed by atoms with E-state index in [-0.39, 0.29) is 11.4 Å². The molecule has 0 unspecified atom stereocenters. The number of carbonyl (C=O) groups excluding carboxylic acids is 1. The molecule has 0 aliphatic carbocycles. The van der Waals surface area contributed by atoms with Crippen molar-refractivity contribution in [1.82, 2.24) is 19.5 Å². The molecule has 11 heteroatoms. The van der Waals surface area contributed by atoms with Crippen molar-refractivity contribution in [3.63, 3.8) is 0 Å². The summed E-state index contributed by atoms with van der Waals surface area (Å²) in [6.45, 7) is 2.33. The van der Waals surface area contributed by atoms with Crippen LogP contribution in [-0.4, -0.2) is 46.1 Å². The summed E-state index contributed by atoms with van der Waals surface area (Å²) in [5.74, 6) is 0.263. The molecule has 0 radical (unpaired) electrons. The van der Waals surface area contributed by atoms with Crippen LogP contribution in [-0.2, 0) is 23.0 Å². The summed E-state index contributed by atoms with van der Waals surface area (Å²) in [7, 11) is -3.24. The second-order valence-corrected chi connectivity index (χ2v) is 9.31. The van der Waals surface area contributed by atoms with Gasteiger partial charge in [-0.3, -0.25) is 15.2 Å². The highest BCUT2D eigenvalue weighted by atomic mass is 32.2. The molecule has 9 nitrogen and oxygen atoms in total. The van der Waals surface area contributed by atoms with Gasteiger partial charge in [0.15, 0.2) is 16.6 Å². The molecule has 4 rings (SSSR count). The summed E-state index contributed by atoms with van der Waals surface area (Å²) < 4.78 is 30.8. The lowest BCUT2D eigenvalue weighted by Crippen LogP contribution is -2.36. The maximum absolute atomic E-state index is 12.4. The zero-order chi connectivity index (χ0) is 19.0. The molecule has 0 bridgehead atoms. The Morgan fingerprint density at radius 1 is 1.48 bits per heavy atom. The summed E-state index contributed by atoms with van der Waals surface area (Å²) in [5.41, 5.74) is 1.64. The Kier molecular flexibility index (Phi) is 4.58. The number of nitrogens with one attached hydrogen (secondary N) is 2. The first-order valence-corrected chi connectivity index (χ1v) is 10.8. The van der Waals surface area contributed by atoms with Gasteiger partial charge in [-0.05, 0) is 19.1 Å². The predicted molar refractivity (Wildman–Crippen MR) is 99.9 cm³/mol. The number of H-pyrrole nitrogens is 1. The Hall–Kier alpha value is -2.50. The molecule has 0 fully saturated rings. The van der Waals surface area contributed by atoms with Gasteiger partial charge >= 0.3 is 0 Å². The van der Waals surface area contributed by atoms with Crippen LogP contribution < -0.4 is 5.32 Å². The van der Waals surface area contributed by atoms with Gasteiger partial charge in [0, 0.05) is 30.5 Å². The standard InChI is InChI=1S/C16H17N5O4S2/c1-2-27(23,24)21-6-5-10-14(9-21)26-16(17-10)18-15(22)12-8-11(19-20-12)13-4-3-7-25-13/h3-4,7-8H,2,5-6,9H2,1H3,(H,19,20)(H,17,18,22). The summed E-state index contributed by atoms with van der Waals surface area (Å²) in [6.07, 6.45) is 2.07. The van der Waals surface area contributed by atoms with Crippen LogP contribution in [0.1, 0.15) is 28.0 Å². The molecular weight excluding hydrogens is 390 g/mol. The fourth-order valence-corrected chi connectivity index (χ4v) is 4.96. The van der Waals surface area contributed by atoms with Crippen LogP contribution in [0.25, 0.3) is 11.5 Å². The fourth-order valence-electron chi connectivity index (χ4n) is 2.80. The third-order valence-corrected chi connectivity index (χ3v) is 7.10. The number of hydrogen-bond donors (Lipinski definition) is 2. The van der Waals surface area contributed by atoms with Crippen molar-refractivity contribution >= 4 is 32.4 Å². The molecule has 1 aliphatic rings. The molecule has 1 aliphatic heterocycles. The predicted octanol–water partition coefficient (Wildman–Crippen LogP) is 2.09. The van der Waals surface area contributed by atoms with Gasteiger partial charge in [0.2, 0.25) is 10.0 Å². The largest absolute Gasteiger partial charge is 0.463 e. The van der Waals surface area contributed by atoms with Crippen LogP contribution >= 0.6 is 11.3 Å². The Labute approximate surface area is 159 Å². The number of furan rings is 1. The first-order chi connectivity index (χ1) is 13.0. The third-order valence-electron chi connectivity index (χ3n) is 4.27. The van der Waals surface area contributed by atoms with Crippen molar-refractivity contribution in [1.29, 1.82) is 0 Å². The van der Waals surface area contributed by atoms with Gasteiger partial charge in [-0.25, -0.2) is 13.4 Å². The monoisotopic (exact) mass is 407 g/mol. The van der Waals surface area contributed by atoms with E-state index in [1.54, 1.807) is 25.1 Å². The van der Waals surface area contributed by atoms with Crippen LogP contribution in [0.5, 0.6) is 0 Å². The van der Waals surface area contributed by atoms with Gasteiger partial charge in [0.05, 0.1) is 17.7 Å². The number of amides is 1. The number of fused-ring (bicyclic) bond motifs is 1. The minimum Gasteiger partial charge on any atom is -0.463 e. The zero-order valence-corrected chi connectivity index (χ0v) is 16.1. The molecule has 3 aromatic heterocycles. The molecule has 142 valence electrons. The van der Waals surface area contributed by atoms with Gasteiger partial charge in [-0.1, -0.05) is 0 Å². The smallest absolute Gasteiger partial charge is 0.277 e. The Morgan fingerprint density at radius 3 is 3.07 bits per heavy atom. The first kappa shape index (κ1) is 17.9. The van der Waals surface area contributed by atoms with E-state index < -0.39 is 15.9 Å². The van der Waals surface area contributed by atoms with Gasteiger partial charge in [-0.15, -0.1) is 11.3 Å². The lowest BCUT2D eigenvalue weighted by Gasteiger charge is -2.24. The molecule has 0 spiro atoms. The molecular formula is C16H17N5O4S2. The van der Waals surface area contributed by atoms with Gasteiger partial charge < -0.3 is 4.42 Å². The highest BCUT2D eigenvalue weighted by Gasteiger charge is 2.28. The Morgan fingerprint density at radius 2 is 2.33 bits per heavy atom. The van der Waals surface area contributed by atoms with E-state index in [1.807, 2.05) is 0 Å². The molecule has 0 atom stereocenters. The van der Waals surface area contributed by atoms with Crippen molar-refractivity contribution in [2.75, 3.05) is 17.6 Å². The number of aromatic nitrogens is 3. The summed E-state index contributed by atoms with van der Waals surface area (Å²) in [5, 5.41) is 9.92. The third kappa shape index (κ3) is 3.53. The van der Waals surface area contributed by atoms with Crippen LogP contribution in [0.2, 0.25) is 0 Å². The summed E-state index contributed by atoms with van der Waals surface area (Å²) in [6, 6.07) is 5.11. The first-order valence-electron chi connectivity index (χ1n) is 8.33. The topological polar surface area (TPSA) is 121 Å². The second kappa shape index (κ2) is 6.91. The van der Waals surface area contributed by atoms with E-state index in [0.29, 0.717) is 36.1 Å². The number of carbonyl (C=O) groups is 1. The van der Waals surface area contributed by atoms with Crippen LogP contribution in [0.3, 0.4) is 0 Å². The molecule has 2 N–H and O–H groups in total. The van der Waals surface area contributed by atoms with Crippen LogP contribution in [0.15, 0.2) is 28.9 Å². The second-order valence-electron chi connectivity index (χ2n) is 5.97. The van der Waals surface area contributed by atoms with E-state index in [4.69, 9.17) is 4.42 Å². The van der Waals surface area contributed by atoms with Crippen molar-refractivity contribution in [2.24, 2.45) is 0 Å². The molecule has 27 heavy (non-hydrogen) atoms. The molecule has 0 aromatic carbocycles. The minimum atomic E-state index is -3.24. The molecule has 3 aromatic rings. The highest BCUT2D eigenvalue weighted by molar-refractivity contribution is 7.89. The van der Waals surface area contributed by atoms with Crippen LogP contribution in [0.4, 0.5) is 5.13 Å². The summed E-state index contributed by atoms with van der Waals surface area (Å²) in [4.78, 5) is 17.7. The molecule has 0 saturated heterocycles. The quantitative estimate of drug-likeness (QED) is 0.668. The van der Waals surface area contributed by atoms with E-state index in [0.717, 1.165) is 10.6 Å². The van der Waals surface area contributed by atoms with Gasteiger partial charge in [-0.2, -0.15) is 9.40 Å². The zero-order valence-electron chi connectivity index (χ0n) is 14.4. The Bertz CT molecular complexity index is 1070. The van der Waals surface area contributed by atoms with Crippen molar-refractivity contribution in [3.05, 3.63) is 40.7 Å². The maximum atomic E-state index is 12.4. The SMILES string of the molecule is CCS(=O)(=O)N1CCc2nc(NC(=O)c3cc(-c4ccco4)[nH]n3)sc2C1. The normalized spacial score (nSPS) is 14.9. The lowest BCUT2D eigenvalue weighted by molar-refractivity contribution is 0.102. The highest BCUT2D eigenvalue weighted by Crippen LogP contribution is 2.30. The van der Waals surface area contributed by atoms with E-state index in [9.17, 15) is 13.2 Å². The number of rotatable bonds is 5. The Balaban J connectivity index is 1.48. The minimum absolute atomic E-state index is 0.0713. The van der Waals surface area contributed by atoms with E-state index in [2.05, 4.69) is 20.5 Å². The fraction of sp³-hybridized carbons (Fsp3) is 0.312. The lowest BCUT2D eigenvalue weighted by atomic mass is 10.2. The average Bonchev–Trinajstić information content (AvgIpc) is 3.39. The van der Waals surface area contributed by atoms with Crippen LogP contribution in [0, 0.1) is 0 Å². The average molecular weight is 407 g/mol. The number of sulfonamides is 1. The van der Waals surface area contributed by atoms with Crippen molar-refractivity contribution in [2.45, 2.75) is 19.9 Å². The maximum Gasteiger partial charge on any atom is 0.277 e. The number of anilines is 1. The molecule has 1 amide bonds. The number of nitrogens with zero attached hydrogens (tertiary/aromatic N) is 3. The van der Waals surface area contributed by atoms with Crippen molar-refractivity contribution < 1.29 is 17.6 Å². The number of hydrogen-bond acceptors (Lipinski definition) is 7. The number of thiazole rings is 1. The molecule has 0 saturated carbocycles. The summed E-state index contributed by atoms with van der Waals surface area (Å²) >= 11 is 1.29. The van der Waals surface area contributed by atoms with Gasteiger partial charge in [0.1, 0.15) is 5.69 Å². The molecule has 4 heterocycles. The number of aromatic amines is 1. The van der Waals surface area contributed by atoms with Crippen molar-refractivity contribution in [3.8, 4) is 11.5 Å².